The minimum Gasteiger partial charge on any atom is -0.508 e. The zero-order chi connectivity index (χ0) is 13.2. The lowest BCUT2D eigenvalue weighted by molar-refractivity contribution is 0.434. The summed E-state index contributed by atoms with van der Waals surface area (Å²) in [7, 11) is 0. The van der Waals surface area contributed by atoms with Gasteiger partial charge in [-0.25, -0.2) is 0 Å². The van der Waals surface area contributed by atoms with E-state index in [0.717, 1.165) is 11.1 Å². The van der Waals surface area contributed by atoms with Crippen molar-refractivity contribution in [1.82, 2.24) is 5.16 Å². The number of phenols is 2. The number of phenolic OH excluding ortho intramolecular Hbond substituents is 2. The molecule has 0 saturated carbocycles. The first-order valence-corrected chi connectivity index (χ1v) is 5.78. The second kappa shape index (κ2) is 4.49. The third kappa shape index (κ3) is 2.28. The molecule has 0 fully saturated rings. The minimum atomic E-state index is 0.187. The van der Waals surface area contributed by atoms with Gasteiger partial charge in [0.05, 0.1) is 0 Å². The third-order valence-electron chi connectivity index (χ3n) is 2.80. The fourth-order valence-corrected chi connectivity index (χ4v) is 1.84. The van der Waals surface area contributed by atoms with E-state index in [9.17, 15) is 10.2 Å². The number of hydrogen-bond acceptors (Lipinski definition) is 4. The zero-order valence-electron chi connectivity index (χ0n) is 9.95. The Morgan fingerprint density at radius 3 is 2.32 bits per heavy atom. The summed E-state index contributed by atoms with van der Waals surface area (Å²) in [4.78, 5) is 0. The molecule has 0 aliphatic carbocycles. The van der Waals surface area contributed by atoms with Gasteiger partial charge in [-0.15, -0.1) is 0 Å². The molecule has 0 aliphatic heterocycles. The maximum absolute atomic E-state index is 9.44. The number of nitrogens with zero attached hydrogens (tertiary/aromatic N) is 1. The largest absolute Gasteiger partial charge is 0.508 e. The van der Waals surface area contributed by atoms with Gasteiger partial charge >= 0.3 is 0 Å². The van der Waals surface area contributed by atoms with Crippen LogP contribution in [0.5, 0.6) is 11.5 Å². The van der Waals surface area contributed by atoms with Crippen LogP contribution in [0.25, 0.3) is 22.6 Å². The monoisotopic (exact) mass is 253 g/mol. The number of benzene rings is 2. The van der Waals surface area contributed by atoms with Crippen molar-refractivity contribution in [2.75, 3.05) is 0 Å². The second-order valence-electron chi connectivity index (χ2n) is 4.17. The summed E-state index contributed by atoms with van der Waals surface area (Å²) in [5.41, 5.74) is 2.27. The molecule has 94 valence electrons. The highest BCUT2D eigenvalue weighted by atomic mass is 16.5. The standard InChI is InChI=1S/C15H11NO3/c17-12-6-4-10(5-7-12)15-9-14(16-19-15)11-2-1-3-13(18)8-11/h1-9,17-18H. The SMILES string of the molecule is Oc1ccc(-c2cc(-c3cccc(O)c3)no2)cc1. The molecule has 3 rings (SSSR count). The molecule has 19 heavy (non-hydrogen) atoms. The molecule has 0 spiro atoms. The van der Waals surface area contributed by atoms with Gasteiger partial charge in [0, 0.05) is 17.2 Å². The Labute approximate surface area is 109 Å². The summed E-state index contributed by atoms with van der Waals surface area (Å²) in [5.74, 6) is 1.00. The first-order valence-electron chi connectivity index (χ1n) is 5.78. The van der Waals surface area contributed by atoms with Gasteiger partial charge in [0.2, 0.25) is 0 Å². The lowest BCUT2D eigenvalue weighted by Gasteiger charge is -1.96. The second-order valence-corrected chi connectivity index (χ2v) is 4.17. The van der Waals surface area contributed by atoms with Gasteiger partial charge in [0.25, 0.3) is 0 Å². The van der Waals surface area contributed by atoms with Crippen molar-refractivity contribution in [1.29, 1.82) is 0 Å². The van der Waals surface area contributed by atoms with Gasteiger partial charge in [0.1, 0.15) is 17.2 Å². The number of rotatable bonds is 2. The fraction of sp³-hybridized carbons (Fsp3) is 0. The van der Waals surface area contributed by atoms with Crippen LogP contribution in [0.4, 0.5) is 0 Å². The van der Waals surface area contributed by atoms with Crippen LogP contribution in [0.15, 0.2) is 59.1 Å². The zero-order valence-corrected chi connectivity index (χ0v) is 9.95. The van der Waals surface area contributed by atoms with E-state index in [-0.39, 0.29) is 11.5 Å². The van der Waals surface area contributed by atoms with Gasteiger partial charge in [-0.1, -0.05) is 17.3 Å². The molecule has 1 heterocycles. The van der Waals surface area contributed by atoms with E-state index in [4.69, 9.17) is 4.52 Å². The molecule has 0 amide bonds. The smallest absolute Gasteiger partial charge is 0.167 e. The van der Waals surface area contributed by atoms with E-state index < -0.39 is 0 Å². The molecule has 0 saturated heterocycles. The van der Waals surface area contributed by atoms with E-state index in [1.165, 1.54) is 0 Å². The Balaban J connectivity index is 1.97. The molecule has 3 aromatic rings. The molecule has 0 bridgehead atoms. The topological polar surface area (TPSA) is 66.5 Å². The van der Waals surface area contributed by atoms with Crippen molar-refractivity contribution in [3.8, 4) is 34.1 Å². The lowest BCUT2D eigenvalue weighted by atomic mass is 10.1. The summed E-state index contributed by atoms with van der Waals surface area (Å²) in [6, 6.07) is 15.3. The van der Waals surface area contributed by atoms with Crippen molar-refractivity contribution in [3.05, 3.63) is 54.6 Å². The van der Waals surface area contributed by atoms with E-state index in [1.54, 1.807) is 48.5 Å². The van der Waals surface area contributed by atoms with Gasteiger partial charge in [-0.3, -0.25) is 0 Å². The summed E-state index contributed by atoms with van der Waals surface area (Å²) in [6.45, 7) is 0. The highest BCUT2D eigenvalue weighted by Crippen LogP contribution is 2.28. The number of aromatic hydroxyl groups is 2. The van der Waals surface area contributed by atoms with Crippen LogP contribution < -0.4 is 0 Å². The lowest BCUT2D eigenvalue weighted by Crippen LogP contribution is -1.75. The first kappa shape index (κ1) is 11.3. The van der Waals surface area contributed by atoms with Crippen LogP contribution in [0.2, 0.25) is 0 Å². The molecule has 1 aromatic heterocycles. The van der Waals surface area contributed by atoms with Crippen LogP contribution in [-0.4, -0.2) is 15.4 Å². The summed E-state index contributed by atoms with van der Waals surface area (Å²) >= 11 is 0. The van der Waals surface area contributed by atoms with Gasteiger partial charge in [-0.2, -0.15) is 0 Å². The average Bonchev–Trinajstić information content (AvgIpc) is 2.89. The average molecular weight is 253 g/mol. The van der Waals surface area contributed by atoms with Gasteiger partial charge in [0.15, 0.2) is 5.76 Å². The van der Waals surface area contributed by atoms with Crippen LogP contribution in [-0.2, 0) is 0 Å². The molecule has 0 aliphatic rings. The van der Waals surface area contributed by atoms with Crippen LogP contribution in [0.1, 0.15) is 0 Å². The molecule has 0 radical (unpaired) electrons. The van der Waals surface area contributed by atoms with E-state index in [1.807, 2.05) is 6.07 Å². The third-order valence-corrected chi connectivity index (χ3v) is 2.80. The van der Waals surface area contributed by atoms with E-state index in [0.29, 0.717) is 11.5 Å². The Bertz CT molecular complexity index is 701. The highest BCUT2D eigenvalue weighted by Gasteiger charge is 2.08. The molecule has 4 heteroatoms. The Morgan fingerprint density at radius 1 is 0.789 bits per heavy atom. The van der Waals surface area contributed by atoms with Crippen molar-refractivity contribution in [3.63, 3.8) is 0 Å². The van der Waals surface area contributed by atoms with E-state index in [2.05, 4.69) is 5.16 Å². The van der Waals surface area contributed by atoms with Crippen molar-refractivity contribution < 1.29 is 14.7 Å². The quantitative estimate of drug-likeness (QED) is 0.734. The highest BCUT2D eigenvalue weighted by molar-refractivity contribution is 5.67. The van der Waals surface area contributed by atoms with Crippen molar-refractivity contribution in [2.24, 2.45) is 0 Å². The molecule has 2 aromatic carbocycles. The molecule has 2 N–H and O–H groups in total. The maximum atomic E-state index is 9.44. The number of hydrogen-bond donors (Lipinski definition) is 2. The Kier molecular flexibility index (Phi) is 2.68. The molecule has 4 nitrogen and oxygen atoms in total. The predicted octanol–water partition coefficient (Wildman–Crippen LogP) is 3.42. The minimum absolute atomic E-state index is 0.187. The van der Waals surface area contributed by atoms with Crippen molar-refractivity contribution >= 4 is 0 Å². The van der Waals surface area contributed by atoms with Crippen LogP contribution in [0, 0.1) is 0 Å². The summed E-state index contributed by atoms with van der Waals surface area (Å²) in [6.07, 6.45) is 0. The van der Waals surface area contributed by atoms with Crippen LogP contribution >= 0.6 is 0 Å². The van der Waals surface area contributed by atoms with Gasteiger partial charge in [-0.05, 0) is 36.4 Å². The Hall–Kier alpha value is -2.75. The molecular weight excluding hydrogens is 242 g/mol. The number of aromatic nitrogens is 1. The summed E-state index contributed by atoms with van der Waals surface area (Å²) in [5, 5.41) is 22.7. The fourth-order valence-electron chi connectivity index (χ4n) is 1.84. The van der Waals surface area contributed by atoms with Crippen LogP contribution in [0.3, 0.4) is 0 Å². The van der Waals surface area contributed by atoms with Crippen molar-refractivity contribution in [2.45, 2.75) is 0 Å². The molecule has 0 unspecified atom stereocenters. The predicted molar refractivity (Wildman–Crippen MR) is 70.7 cm³/mol. The Morgan fingerprint density at radius 2 is 1.58 bits per heavy atom. The maximum Gasteiger partial charge on any atom is 0.167 e. The molecular formula is C15H11NO3. The van der Waals surface area contributed by atoms with Gasteiger partial charge < -0.3 is 14.7 Å². The first-order chi connectivity index (χ1) is 9.22. The molecule has 0 atom stereocenters. The van der Waals surface area contributed by atoms with E-state index >= 15 is 0 Å². The normalized spacial score (nSPS) is 10.5. The summed E-state index contributed by atoms with van der Waals surface area (Å²) < 4.78 is 5.27.